The SMILES string of the molecule is [CH2]CN(C)CCNC. The van der Waals surface area contributed by atoms with Gasteiger partial charge in [0.15, 0.2) is 0 Å². The predicted octanol–water partition coefficient (Wildman–Crippen LogP) is -0.0283. The molecule has 0 aromatic rings. The molecule has 1 radical (unpaired) electrons. The van der Waals surface area contributed by atoms with E-state index in [0.29, 0.717) is 0 Å². The minimum Gasteiger partial charge on any atom is -0.318 e. The zero-order valence-electron chi connectivity index (χ0n) is 5.78. The lowest BCUT2D eigenvalue weighted by Crippen LogP contribution is -2.26. The van der Waals surface area contributed by atoms with Crippen LogP contribution in [0.4, 0.5) is 0 Å². The third-order valence-electron chi connectivity index (χ3n) is 1.13. The summed E-state index contributed by atoms with van der Waals surface area (Å²) in [5, 5.41) is 3.06. The Balaban J connectivity index is 2.86. The van der Waals surface area contributed by atoms with Crippen LogP contribution < -0.4 is 5.32 Å². The molecule has 8 heavy (non-hydrogen) atoms. The highest BCUT2D eigenvalue weighted by atomic mass is 15.1. The van der Waals surface area contributed by atoms with Crippen molar-refractivity contribution in [1.82, 2.24) is 10.2 Å². The first-order valence-electron chi connectivity index (χ1n) is 2.93. The maximum absolute atomic E-state index is 3.74. The van der Waals surface area contributed by atoms with Crippen molar-refractivity contribution in [3.63, 3.8) is 0 Å². The van der Waals surface area contributed by atoms with Gasteiger partial charge in [-0.3, -0.25) is 0 Å². The molecule has 0 bridgehead atoms. The molecular weight excluding hydrogens is 100 g/mol. The van der Waals surface area contributed by atoms with Crippen LogP contribution in [0.1, 0.15) is 0 Å². The van der Waals surface area contributed by atoms with E-state index in [0.717, 1.165) is 19.6 Å². The normalized spacial score (nSPS) is 10.5. The Hall–Kier alpha value is -0.0800. The predicted molar refractivity (Wildman–Crippen MR) is 36.8 cm³/mol. The highest BCUT2D eigenvalue weighted by Crippen LogP contribution is 1.75. The molecule has 0 rings (SSSR count). The lowest BCUT2D eigenvalue weighted by Gasteiger charge is -2.11. The van der Waals surface area contributed by atoms with Crippen molar-refractivity contribution in [2.45, 2.75) is 0 Å². The summed E-state index contributed by atoms with van der Waals surface area (Å²) in [6.45, 7) is 6.76. The van der Waals surface area contributed by atoms with Gasteiger partial charge in [0.25, 0.3) is 0 Å². The van der Waals surface area contributed by atoms with Crippen molar-refractivity contribution in [2.24, 2.45) is 0 Å². The summed E-state index contributed by atoms with van der Waals surface area (Å²) in [5.74, 6) is 0. The lowest BCUT2D eigenvalue weighted by atomic mass is 10.5. The van der Waals surface area contributed by atoms with Crippen LogP contribution in [0.5, 0.6) is 0 Å². The van der Waals surface area contributed by atoms with Crippen LogP contribution in [0.3, 0.4) is 0 Å². The monoisotopic (exact) mass is 115 g/mol. The number of rotatable bonds is 4. The van der Waals surface area contributed by atoms with Crippen molar-refractivity contribution in [3.05, 3.63) is 6.92 Å². The third kappa shape index (κ3) is 4.09. The van der Waals surface area contributed by atoms with E-state index in [9.17, 15) is 0 Å². The molecule has 0 saturated heterocycles. The molecule has 0 heterocycles. The third-order valence-corrected chi connectivity index (χ3v) is 1.13. The van der Waals surface area contributed by atoms with Gasteiger partial charge in [0.05, 0.1) is 0 Å². The zero-order chi connectivity index (χ0) is 6.41. The molecule has 2 nitrogen and oxygen atoms in total. The molecule has 0 saturated carbocycles. The van der Waals surface area contributed by atoms with Crippen molar-refractivity contribution < 1.29 is 0 Å². The number of nitrogens with zero attached hydrogens (tertiary/aromatic N) is 1. The Kier molecular flexibility index (Phi) is 5.01. The van der Waals surface area contributed by atoms with Gasteiger partial charge in [-0.15, -0.1) is 0 Å². The van der Waals surface area contributed by atoms with Gasteiger partial charge in [-0.1, -0.05) is 0 Å². The van der Waals surface area contributed by atoms with Gasteiger partial charge in [-0.05, 0) is 27.6 Å². The van der Waals surface area contributed by atoms with Crippen LogP contribution >= 0.6 is 0 Å². The summed E-state index contributed by atoms with van der Waals surface area (Å²) < 4.78 is 0. The summed E-state index contributed by atoms with van der Waals surface area (Å²) in [5.41, 5.74) is 0. The van der Waals surface area contributed by atoms with Crippen LogP contribution in [0.15, 0.2) is 0 Å². The average Bonchev–Trinajstić information content (AvgIpc) is 1.83. The fourth-order valence-corrected chi connectivity index (χ4v) is 0.414. The topological polar surface area (TPSA) is 15.3 Å². The second-order valence-electron chi connectivity index (χ2n) is 1.91. The number of hydrogen-bond acceptors (Lipinski definition) is 2. The summed E-state index contributed by atoms with van der Waals surface area (Å²) >= 11 is 0. The van der Waals surface area contributed by atoms with E-state index in [1.54, 1.807) is 0 Å². The molecule has 0 aliphatic rings. The van der Waals surface area contributed by atoms with Crippen molar-refractivity contribution in [2.75, 3.05) is 33.7 Å². The largest absolute Gasteiger partial charge is 0.318 e. The molecule has 0 fully saturated rings. The van der Waals surface area contributed by atoms with Crippen LogP contribution in [0.25, 0.3) is 0 Å². The first-order valence-corrected chi connectivity index (χ1v) is 2.93. The van der Waals surface area contributed by atoms with Gasteiger partial charge in [0, 0.05) is 13.1 Å². The van der Waals surface area contributed by atoms with E-state index in [4.69, 9.17) is 0 Å². The molecule has 0 aliphatic heterocycles. The van der Waals surface area contributed by atoms with E-state index in [2.05, 4.69) is 24.2 Å². The molecule has 49 valence electrons. The molecule has 0 amide bonds. The van der Waals surface area contributed by atoms with Crippen molar-refractivity contribution in [3.8, 4) is 0 Å². The highest BCUT2D eigenvalue weighted by molar-refractivity contribution is 4.52. The molecule has 2 heteroatoms. The number of likely N-dealkylation sites (N-methyl/N-ethyl adjacent to an activating group) is 2. The van der Waals surface area contributed by atoms with Crippen molar-refractivity contribution >= 4 is 0 Å². The summed E-state index contributed by atoms with van der Waals surface area (Å²) in [7, 11) is 4.02. The second-order valence-corrected chi connectivity index (χ2v) is 1.91. The standard InChI is InChI=1S/C6H15N2/c1-4-8(3)6-5-7-2/h7H,1,4-6H2,2-3H3. The number of nitrogens with one attached hydrogen (secondary N) is 1. The smallest absolute Gasteiger partial charge is 0.0104 e. The minimum atomic E-state index is 0.891. The van der Waals surface area contributed by atoms with E-state index < -0.39 is 0 Å². The molecule has 0 atom stereocenters. The Morgan fingerprint density at radius 1 is 1.62 bits per heavy atom. The van der Waals surface area contributed by atoms with E-state index in [1.165, 1.54) is 0 Å². The van der Waals surface area contributed by atoms with Crippen LogP contribution in [-0.4, -0.2) is 38.6 Å². The molecule has 0 unspecified atom stereocenters. The second kappa shape index (κ2) is 5.06. The Bertz CT molecular complexity index is 45.8. The molecule has 0 spiro atoms. The average molecular weight is 115 g/mol. The van der Waals surface area contributed by atoms with Gasteiger partial charge >= 0.3 is 0 Å². The molecule has 0 aromatic heterocycles. The zero-order valence-corrected chi connectivity index (χ0v) is 5.78. The maximum atomic E-state index is 3.74. The van der Waals surface area contributed by atoms with E-state index in [-0.39, 0.29) is 0 Å². The van der Waals surface area contributed by atoms with Gasteiger partial charge < -0.3 is 10.2 Å². The summed E-state index contributed by atoms with van der Waals surface area (Å²) in [6, 6.07) is 0. The first kappa shape index (κ1) is 7.92. The van der Waals surface area contributed by atoms with Gasteiger partial charge in [-0.25, -0.2) is 0 Å². The van der Waals surface area contributed by atoms with Gasteiger partial charge in [0.2, 0.25) is 0 Å². The van der Waals surface area contributed by atoms with Crippen LogP contribution in [0, 0.1) is 6.92 Å². The molecule has 1 N–H and O–H groups in total. The molecule has 0 aromatic carbocycles. The van der Waals surface area contributed by atoms with E-state index in [1.807, 2.05) is 7.05 Å². The quantitative estimate of drug-likeness (QED) is 0.553. The van der Waals surface area contributed by atoms with Gasteiger partial charge in [-0.2, -0.15) is 0 Å². The van der Waals surface area contributed by atoms with Gasteiger partial charge in [0.1, 0.15) is 0 Å². The summed E-state index contributed by atoms with van der Waals surface area (Å²) in [6.07, 6.45) is 0. The Morgan fingerprint density at radius 2 is 2.25 bits per heavy atom. The maximum Gasteiger partial charge on any atom is 0.0104 e. The fourth-order valence-electron chi connectivity index (χ4n) is 0.414. The lowest BCUT2D eigenvalue weighted by molar-refractivity contribution is 0.369. The molecular formula is C6H15N2. The molecule has 0 aliphatic carbocycles. The first-order chi connectivity index (χ1) is 3.81. The Labute approximate surface area is 51.9 Å². The highest BCUT2D eigenvalue weighted by Gasteiger charge is 1.88. The van der Waals surface area contributed by atoms with E-state index >= 15 is 0 Å². The van der Waals surface area contributed by atoms with Crippen LogP contribution in [0.2, 0.25) is 0 Å². The summed E-state index contributed by atoms with van der Waals surface area (Å²) in [4.78, 5) is 2.16. The fraction of sp³-hybridized carbons (Fsp3) is 0.833. The van der Waals surface area contributed by atoms with Crippen LogP contribution in [-0.2, 0) is 0 Å². The number of hydrogen-bond donors (Lipinski definition) is 1. The van der Waals surface area contributed by atoms with Crippen molar-refractivity contribution in [1.29, 1.82) is 0 Å². The Morgan fingerprint density at radius 3 is 2.62 bits per heavy atom. The minimum absolute atomic E-state index is 0.891.